The fourth-order valence-corrected chi connectivity index (χ4v) is 5.10. The Labute approximate surface area is 181 Å². The highest BCUT2D eigenvalue weighted by molar-refractivity contribution is 14.0. The highest BCUT2D eigenvalue weighted by Crippen LogP contribution is 2.40. The molecule has 7 heteroatoms. The number of nitrogens with one attached hydrogen (secondary N) is 2. The molecule has 0 bridgehead atoms. The molecule has 1 fully saturated rings. The summed E-state index contributed by atoms with van der Waals surface area (Å²) in [6, 6.07) is 9.35. The number of nitrogens with zero attached hydrogens (tertiary/aromatic N) is 1. The number of benzene rings is 1. The van der Waals surface area contributed by atoms with Crippen LogP contribution in [0.5, 0.6) is 0 Å². The van der Waals surface area contributed by atoms with Crippen LogP contribution in [0.25, 0.3) is 0 Å². The molecule has 2 N–H and O–H groups in total. The largest absolute Gasteiger partial charge is 0.356 e. The van der Waals surface area contributed by atoms with Gasteiger partial charge in [-0.2, -0.15) is 0 Å². The minimum absolute atomic E-state index is 0. The van der Waals surface area contributed by atoms with Crippen LogP contribution in [0.1, 0.15) is 51.0 Å². The number of rotatable bonds is 9. The molecular weight excluding hydrogens is 473 g/mol. The van der Waals surface area contributed by atoms with Gasteiger partial charge in [-0.25, -0.2) is 8.42 Å². The average molecular weight is 507 g/mol. The summed E-state index contributed by atoms with van der Waals surface area (Å²) in [5.41, 5.74) is 1.25. The van der Waals surface area contributed by atoms with Gasteiger partial charge in [-0.1, -0.05) is 50.1 Å². The van der Waals surface area contributed by atoms with Crippen LogP contribution in [0.3, 0.4) is 0 Å². The third kappa shape index (κ3) is 8.37. The minimum Gasteiger partial charge on any atom is -0.356 e. The van der Waals surface area contributed by atoms with Crippen LogP contribution in [0, 0.1) is 5.41 Å². The van der Waals surface area contributed by atoms with Crippen molar-refractivity contribution in [3.63, 3.8) is 0 Å². The lowest BCUT2D eigenvalue weighted by Gasteiger charge is -2.28. The monoisotopic (exact) mass is 507 g/mol. The van der Waals surface area contributed by atoms with Gasteiger partial charge in [-0.05, 0) is 36.7 Å². The highest BCUT2D eigenvalue weighted by atomic mass is 127. The van der Waals surface area contributed by atoms with Gasteiger partial charge in [0.2, 0.25) is 0 Å². The molecule has 0 spiro atoms. The zero-order valence-corrected chi connectivity index (χ0v) is 19.7. The smallest absolute Gasteiger partial charge is 0.190 e. The van der Waals surface area contributed by atoms with Crippen molar-refractivity contribution in [2.24, 2.45) is 10.4 Å². The third-order valence-electron chi connectivity index (χ3n) is 5.42. The molecule has 0 heterocycles. The van der Waals surface area contributed by atoms with Gasteiger partial charge in [0.05, 0.1) is 11.5 Å². The Morgan fingerprint density at radius 3 is 2.41 bits per heavy atom. The first-order valence-electron chi connectivity index (χ1n) is 9.67. The van der Waals surface area contributed by atoms with E-state index < -0.39 is 9.84 Å². The van der Waals surface area contributed by atoms with Gasteiger partial charge < -0.3 is 10.6 Å². The summed E-state index contributed by atoms with van der Waals surface area (Å²) in [6.45, 7) is 3.81. The molecular formula is C20H34IN3O2S. The minimum atomic E-state index is -3.08. The van der Waals surface area contributed by atoms with Crippen LogP contribution in [0.15, 0.2) is 35.3 Å². The van der Waals surface area contributed by atoms with Gasteiger partial charge in [0, 0.05) is 20.1 Å². The maximum absolute atomic E-state index is 12.2. The Balaban J connectivity index is 0.00000364. The number of guanidine groups is 1. The average Bonchev–Trinajstić information content (AvgIpc) is 3.11. The molecule has 5 nitrogen and oxygen atoms in total. The van der Waals surface area contributed by atoms with Crippen LogP contribution in [0.2, 0.25) is 0 Å². The van der Waals surface area contributed by atoms with E-state index in [4.69, 9.17) is 0 Å². The maximum atomic E-state index is 12.2. The molecule has 1 aliphatic rings. The topological polar surface area (TPSA) is 70.6 Å². The summed E-state index contributed by atoms with van der Waals surface area (Å²) >= 11 is 0. The zero-order valence-electron chi connectivity index (χ0n) is 16.5. The standard InChI is InChI=1S/C20H33N3O2S.HI/c1-3-20(12-7-8-13-20)17-23-19(21-2)22-14-9-15-26(24,25)16-18-10-5-4-6-11-18;/h4-6,10-11H,3,7-9,12-17H2,1-2H3,(H2,21,22,23);1H. The second-order valence-corrected chi connectivity index (χ2v) is 9.53. The summed E-state index contributed by atoms with van der Waals surface area (Å²) in [4.78, 5) is 4.26. The van der Waals surface area contributed by atoms with Crippen LogP contribution >= 0.6 is 24.0 Å². The fraction of sp³-hybridized carbons (Fsp3) is 0.650. The number of sulfone groups is 1. The van der Waals surface area contributed by atoms with Crippen LogP contribution < -0.4 is 10.6 Å². The molecule has 0 unspecified atom stereocenters. The molecule has 1 aromatic carbocycles. The number of hydrogen-bond donors (Lipinski definition) is 2. The lowest BCUT2D eigenvalue weighted by molar-refractivity contribution is 0.283. The van der Waals surface area contributed by atoms with Gasteiger partial charge in [0.15, 0.2) is 15.8 Å². The fourth-order valence-electron chi connectivity index (χ4n) is 3.67. The molecule has 0 aromatic heterocycles. The Morgan fingerprint density at radius 1 is 1.15 bits per heavy atom. The first-order valence-corrected chi connectivity index (χ1v) is 11.5. The molecule has 1 aromatic rings. The van der Waals surface area contributed by atoms with E-state index in [9.17, 15) is 8.42 Å². The number of aliphatic imine (C=N–C) groups is 1. The molecule has 0 atom stereocenters. The van der Waals surface area contributed by atoms with E-state index in [1.54, 1.807) is 7.05 Å². The molecule has 0 saturated heterocycles. The summed E-state index contributed by atoms with van der Waals surface area (Å²) in [5, 5.41) is 6.68. The predicted octanol–water partition coefficient (Wildman–Crippen LogP) is 3.74. The van der Waals surface area contributed by atoms with Crippen molar-refractivity contribution in [3.8, 4) is 0 Å². The summed E-state index contributed by atoms with van der Waals surface area (Å²) in [6.07, 6.45) is 6.97. The lowest BCUT2D eigenvalue weighted by Crippen LogP contribution is -2.43. The zero-order chi connectivity index (χ0) is 18.9. The van der Waals surface area contributed by atoms with E-state index in [1.807, 2.05) is 30.3 Å². The van der Waals surface area contributed by atoms with Crippen LogP contribution in [-0.2, 0) is 15.6 Å². The SMILES string of the molecule is CCC1(CNC(=NC)NCCCS(=O)(=O)Cc2ccccc2)CCCC1.I. The third-order valence-corrected chi connectivity index (χ3v) is 7.11. The van der Waals surface area contributed by atoms with Crippen molar-refractivity contribution < 1.29 is 8.42 Å². The quantitative estimate of drug-likeness (QED) is 0.231. The molecule has 0 radical (unpaired) electrons. The van der Waals surface area contributed by atoms with Gasteiger partial charge in [-0.3, -0.25) is 4.99 Å². The molecule has 0 aliphatic heterocycles. The van der Waals surface area contributed by atoms with Crippen molar-refractivity contribution in [1.82, 2.24) is 10.6 Å². The van der Waals surface area contributed by atoms with Gasteiger partial charge >= 0.3 is 0 Å². The van der Waals surface area contributed by atoms with E-state index in [2.05, 4.69) is 22.5 Å². The number of hydrogen-bond acceptors (Lipinski definition) is 3. The first-order chi connectivity index (χ1) is 12.5. The molecule has 0 amide bonds. The Bertz CT molecular complexity index is 672. The van der Waals surface area contributed by atoms with Crippen LogP contribution in [-0.4, -0.2) is 40.3 Å². The molecule has 2 rings (SSSR count). The summed E-state index contributed by atoms with van der Waals surface area (Å²) in [7, 11) is -1.32. The van der Waals surface area contributed by atoms with Crippen LogP contribution in [0.4, 0.5) is 0 Å². The van der Waals surface area contributed by atoms with E-state index in [-0.39, 0.29) is 35.5 Å². The highest BCUT2D eigenvalue weighted by Gasteiger charge is 2.31. The van der Waals surface area contributed by atoms with Gasteiger partial charge in [0.1, 0.15) is 0 Å². The van der Waals surface area contributed by atoms with Crippen molar-refractivity contribution in [2.45, 2.75) is 51.2 Å². The van der Waals surface area contributed by atoms with Gasteiger partial charge in [-0.15, -0.1) is 24.0 Å². The molecule has 154 valence electrons. The van der Waals surface area contributed by atoms with Crippen molar-refractivity contribution in [1.29, 1.82) is 0 Å². The Morgan fingerprint density at radius 2 is 1.81 bits per heavy atom. The Hall–Kier alpha value is -0.830. The van der Waals surface area contributed by atoms with Crippen molar-refractivity contribution in [2.75, 3.05) is 25.9 Å². The van der Waals surface area contributed by atoms with Crippen molar-refractivity contribution >= 4 is 39.8 Å². The van der Waals surface area contributed by atoms with E-state index in [0.29, 0.717) is 18.4 Å². The predicted molar refractivity (Wildman–Crippen MR) is 125 cm³/mol. The van der Waals surface area contributed by atoms with E-state index in [1.165, 1.54) is 32.1 Å². The van der Waals surface area contributed by atoms with E-state index in [0.717, 1.165) is 18.1 Å². The number of halogens is 1. The molecule has 1 aliphatic carbocycles. The lowest BCUT2D eigenvalue weighted by atomic mass is 9.83. The normalized spacial score (nSPS) is 16.6. The molecule has 1 saturated carbocycles. The van der Waals surface area contributed by atoms with Gasteiger partial charge in [0.25, 0.3) is 0 Å². The summed E-state index contributed by atoms with van der Waals surface area (Å²) in [5.74, 6) is 1.06. The van der Waals surface area contributed by atoms with E-state index >= 15 is 0 Å². The first kappa shape index (κ1) is 24.2. The maximum Gasteiger partial charge on any atom is 0.190 e. The Kier molecular flexibility index (Phi) is 10.7. The second kappa shape index (κ2) is 11.9. The second-order valence-electron chi connectivity index (χ2n) is 7.34. The van der Waals surface area contributed by atoms with Crippen molar-refractivity contribution in [3.05, 3.63) is 35.9 Å². The molecule has 27 heavy (non-hydrogen) atoms. The summed E-state index contributed by atoms with van der Waals surface area (Å²) < 4.78 is 24.4.